The van der Waals surface area contributed by atoms with Crippen LogP contribution < -0.4 is 5.32 Å². The number of aromatic nitrogens is 4. The second-order valence-electron chi connectivity index (χ2n) is 3.39. The Kier molecular flexibility index (Phi) is 3.28. The zero-order valence-electron chi connectivity index (χ0n) is 9.15. The first-order chi connectivity index (χ1) is 8.65. The van der Waals surface area contributed by atoms with E-state index in [1.165, 1.54) is 12.4 Å². The highest BCUT2D eigenvalue weighted by molar-refractivity contribution is 6.03. The first-order valence-electron chi connectivity index (χ1n) is 4.98. The molecule has 0 saturated carbocycles. The van der Waals surface area contributed by atoms with Crippen molar-refractivity contribution < 1.29 is 14.7 Å². The number of carbonyl (C=O) groups excluding carboxylic acids is 1. The molecule has 0 aromatic carbocycles. The van der Waals surface area contributed by atoms with Crippen molar-refractivity contribution in [2.24, 2.45) is 0 Å². The number of carbonyl (C=O) groups is 2. The van der Waals surface area contributed by atoms with Gasteiger partial charge in [-0.1, -0.05) is 5.21 Å². The Bertz CT molecular complexity index is 566. The molecule has 0 saturated heterocycles. The van der Waals surface area contributed by atoms with Crippen molar-refractivity contribution in [1.29, 1.82) is 0 Å². The Balaban J connectivity index is 2.04. The van der Waals surface area contributed by atoms with Crippen molar-refractivity contribution in [3.05, 3.63) is 36.3 Å². The highest BCUT2D eigenvalue weighted by Gasteiger charge is 2.09. The molecule has 8 heteroatoms. The fourth-order valence-corrected chi connectivity index (χ4v) is 1.26. The van der Waals surface area contributed by atoms with Crippen LogP contribution in [0.25, 0.3) is 0 Å². The van der Waals surface area contributed by atoms with E-state index < -0.39 is 5.97 Å². The van der Waals surface area contributed by atoms with E-state index in [1.54, 1.807) is 18.3 Å². The molecule has 1 amide bonds. The van der Waals surface area contributed by atoms with Crippen LogP contribution in [0.2, 0.25) is 0 Å². The summed E-state index contributed by atoms with van der Waals surface area (Å²) >= 11 is 0. The van der Waals surface area contributed by atoms with E-state index in [0.29, 0.717) is 5.56 Å². The summed E-state index contributed by atoms with van der Waals surface area (Å²) < 4.78 is 1.11. The minimum atomic E-state index is -1.04. The van der Waals surface area contributed by atoms with Gasteiger partial charge in [0, 0.05) is 12.4 Å². The number of aliphatic carboxylic acids is 1. The highest BCUT2D eigenvalue weighted by Crippen LogP contribution is 2.04. The molecule has 0 unspecified atom stereocenters. The summed E-state index contributed by atoms with van der Waals surface area (Å²) in [5, 5.41) is 18.2. The summed E-state index contributed by atoms with van der Waals surface area (Å²) in [5.41, 5.74) is 0.380. The van der Waals surface area contributed by atoms with Gasteiger partial charge in [-0.2, -0.15) is 0 Å². The Hall–Kier alpha value is -2.77. The van der Waals surface area contributed by atoms with E-state index in [-0.39, 0.29) is 18.3 Å². The number of hydrogen-bond acceptors (Lipinski definition) is 5. The summed E-state index contributed by atoms with van der Waals surface area (Å²) in [6.07, 6.45) is 4.30. The Morgan fingerprint density at radius 1 is 1.44 bits per heavy atom. The average Bonchev–Trinajstić information content (AvgIpc) is 2.76. The molecule has 0 aliphatic heterocycles. The van der Waals surface area contributed by atoms with E-state index in [9.17, 15) is 9.59 Å². The third kappa shape index (κ3) is 2.88. The minimum absolute atomic E-state index is 0.185. The van der Waals surface area contributed by atoms with Crippen LogP contribution >= 0.6 is 0 Å². The molecule has 0 atom stereocenters. The monoisotopic (exact) mass is 247 g/mol. The van der Waals surface area contributed by atoms with Gasteiger partial charge in [0.25, 0.3) is 5.91 Å². The summed E-state index contributed by atoms with van der Waals surface area (Å²) in [6.45, 7) is -0.310. The molecule has 0 aliphatic carbocycles. The second-order valence-corrected chi connectivity index (χ2v) is 3.39. The number of anilines is 1. The van der Waals surface area contributed by atoms with Gasteiger partial charge in [-0.05, 0) is 12.1 Å². The number of carboxylic acids is 1. The lowest BCUT2D eigenvalue weighted by molar-refractivity contribution is -0.137. The van der Waals surface area contributed by atoms with Gasteiger partial charge in [-0.25, -0.2) is 4.68 Å². The van der Waals surface area contributed by atoms with Crippen LogP contribution in [0.1, 0.15) is 10.4 Å². The van der Waals surface area contributed by atoms with Crippen molar-refractivity contribution in [2.45, 2.75) is 6.54 Å². The van der Waals surface area contributed by atoms with Gasteiger partial charge in [0.1, 0.15) is 6.54 Å². The van der Waals surface area contributed by atoms with Crippen LogP contribution in [0, 0.1) is 0 Å². The quantitative estimate of drug-likeness (QED) is 0.787. The van der Waals surface area contributed by atoms with Crippen LogP contribution in [-0.2, 0) is 11.3 Å². The third-order valence-corrected chi connectivity index (χ3v) is 2.00. The predicted molar refractivity (Wildman–Crippen MR) is 59.8 cm³/mol. The molecule has 18 heavy (non-hydrogen) atoms. The van der Waals surface area contributed by atoms with Gasteiger partial charge in [0.2, 0.25) is 0 Å². The SMILES string of the molecule is O=C(O)Cn1cc(NC(=O)c2cccnc2)nn1. The number of amides is 1. The van der Waals surface area contributed by atoms with E-state index in [1.807, 2.05) is 0 Å². The molecule has 0 spiro atoms. The molecule has 0 aliphatic rings. The van der Waals surface area contributed by atoms with Gasteiger partial charge >= 0.3 is 5.97 Å². The fraction of sp³-hybridized carbons (Fsp3) is 0.100. The Morgan fingerprint density at radius 3 is 2.94 bits per heavy atom. The van der Waals surface area contributed by atoms with Gasteiger partial charge in [0.05, 0.1) is 11.8 Å². The summed E-state index contributed by atoms with van der Waals surface area (Å²) in [5.74, 6) is -1.24. The lowest BCUT2D eigenvalue weighted by Gasteiger charge is -1.99. The Labute approximate surface area is 101 Å². The maximum Gasteiger partial charge on any atom is 0.325 e. The molecule has 0 fully saturated rings. The summed E-state index contributed by atoms with van der Waals surface area (Å²) in [6, 6.07) is 3.24. The van der Waals surface area contributed by atoms with Crippen LogP contribution in [0.15, 0.2) is 30.7 Å². The molecule has 2 rings (SSSR count). The number of nitrogens with zero attached hydrogens (tertiary/aromatic N) is 4. The fourth-order valence-electron chi connectivity index (χ4n) is 1.26. The number of carboxylic acid groups (broad SMARTS) is 1. The van der Waals surface area contributed by atoms with E-state index in [0.717, 1.165) is 4.68 Å². The second kappa shape index (κ2) is 5.04. The lowest BCUT2D eigenvalue weighted by Crippen LogP contribution is -2.12. The van der Waals surface area contributed by atoms with Crippen LogP contribution in [0.3, 0.4) is 0 Å². The number of rotatable bonds is 4. The molecule has 8 nitrogen and oxygen atoms in total. The van der Waals surface area contributed by atoms with Gasteiger partial charge < -0.3 is 10.4 Å². The number of hydrogen-bond donors (Lipinski definition) is 2. The molecular weight excluding hydrogens is 238 g/mol. The van der Waals surface area contributed by atoms with Gasteiger partial charge in [0.15, 0.2) is 5.82 Å². The first-order valence-corrected chi connectivity index (χ1v) is 4.98. The molecule has 2 N–H and O–H groups in total. The first kappa shape index (κ1) is 11.7. The molecular formula is C10H9N5O3. The van der Waals surface area contributed by atoms with Crippen molar-refractivity contribution >= 4 is 17.7 Å². The summed E-state index contributed by atoms with van der Waals surface area (Å²) in [7, 11) is 0. The molecule has 0 radical (unpaired) electrons. The average molecular weight is 247 g/mol. The number of pyridine rings is 1. The van der Waals surface area contributed by atoms with Crippen molar-refractivity contribution in [3.8, 4) is 0 Å². The van der Waals surface area contributed by atoms with Gasteiger partial charge in [-0.15, -0.1) is 5.10 Å². The maximum atomic E-state index is 11.7. The van der Waals surface area contributed by atoms with Crippen LogP contribution in [0.5, 0.6) is 0 Å². The minimum Gasteiger partial charge on any atom is -0.480 e. The van der Waals surface area contributed by atoms with E-state index in [4.69, 9.17) is 5.11 Å². The smallest absolute Gasteiger partial charge is 0.325 e. The van der Waals surface area contributed by atoms with E-state index in [2.05, 4.69) is 20.6 Å². The van der Waals surface area contributed by atoms with Gasteiger partial charge in [-0.3, -0.25) is 14.6 Å². The van der Waals surface area contributed by atoms with Crippen LogP contribution in [0.4, 0.5) is 5.82 Å². The van der Waals surface area contributed by atoms with Crippen molar-refractivity contribution in [1.82, 2.24) is 20.0 Å². The molecule has 0 bridgehead atoms. The predicted octanol–water partition coefficient (Wildman–Crippen LogP) is 0.0100. The highest BCUT2D eigenvalue weighted by atomic mass is 16.4. The Morgan fingerprint density at radius 2 is 2.28 bits per heavy atom. The third-order valence-electron chi connectivity index (χ3n) is 2.00. The molecule has 2 aromatic heterocycles. The standard InChI is InChI=1S/C10H9N5O3/c16-9(17)6-15-5-8(13-14-15)12-10(18)7-2-1-3-11-4-7/h1-5H,6H2,(H,12,18)(H,16,17). The van der Waals surface area contributed by atoms with Crippen molar-refractivity contribution in [2.75, 3.05) is 5.32 Å². The zero-order valence-corrected chi connectivity index (χ0v) is 9.15. The van der Waals surface area contributed by atoms with Crippen molar-refractivity contribution in [3.63, 3.8) is 0 Å². The molecule has 2 heterocycles. The zero-order chi connectivity index (χ0) is 13.0. The van der Waals surface area contributed by atoms with E-state index >= 15 is 0 Å². The number of nitrogens with one attached hydrogen (secondary N) is 1. The maximum absolute atomic E-state index is 11.7. The summed E-state index contributed by atoms with van der Waals surface area (Å²) in [4.78, 5) is 26.0. The molecule has 2 aromatic rings. The van der Waals surface area contributed by atoms with Crippen LogP contribution in [-0.4, -0.2) is 37.0 Å². The largest absolute Gasteiger partial charge is 0.480 e. The topological polar surface area (TPSA) is 110 Å². The lowest BCUT2D eigenvalue weighted by atomic mass is 10.3. The normalized spacial score (nSPS) is 10.0. The molecule has 92 valence electrons.